The molecule has 0 aliphatic heterocycles. The molecule has 0 unspecified atom stereocenters. The number of aryl methyl sites for hydroxylation is 1. The Hall–Kier alpha value is -1.36. The summed E-state index contributed by atoms with van der Waals surface area (Å²) in [7, 11) is 1.69. The lowest BCUT2D eigenvalue weighted by Crippen LogP contribution is -2.19. The molecule has 0 aliphatic carbocycles. The molecule has 0 aliphatic rings. The van der Waals surface area contributed by atoms with Crippen molar-refractivity contribution in [3.05, 3.63) is 40.8 Å². The highest BCUT2D eigenvalue weighted by Gasteiger charge is 2.08. The van der Waals surface area contributed by atoms with Crippen LogP contribution in [-0.4, -0.2) is 30.2 Å². The smallest absolute Gasteiger partial charge is 0.121 e. The number of halogens is 1. The summed E-state index contributed by atoms with van der Waals surface area (Å²) in [5.74, 6) is 0.920. The van der Waals surface area contributed by atoms with Crippen molar-refractivity contribution in [1.29, 1.82) is 0 Å². The molecule has 19 heavy (non-hydrogen) atoms. The van der Waals surface area contributed by atoms with Crippen molar-refractivity contribution in [2.75, 3.05) is 20.3 Å². The first-order chi connectivity index (χ1) is 9.20. The number of rotatable bonds is 6. The van der Waals surface area contributed by atoms with Crippen molar-refractivity contribution in [3.63, 3.8) is 0 Å². The molecule has 1 heterocycles. The molecule has 2 N–H and O–H groups in total. The van der Waals surface area contributed by atoms with Crippen molar-refractivity contribution >= 4 is 11.6 Å². The molecule has 0 amide bonds. The molecule has 0 bridgehead atoms. The van der Waals surface area contributed by atoms with Crippen LogP contribution in [0.5, 0.6) is 0 Å². The molecule has 0 radical (unpaired) electrons. The van der Waals surface area contributed by atoms with Crippen LogP contribution in [0, 0.1) is 6.92 Å². The number of aromatic nitrogens is 2. The first kappa shape index (κ1) is 14.1. The largest absolute Gasteiger partial charge is 0.383 e. The lowest BCUT2D eigenvalue weighted by atomic mass is 10.1. The van der Waals surface area contributed by atoms with E-state index in [1.165, 1.54) is 0 Å². The number of aromatic amines is 1. The Morgan fingerprint density at radius 1 is 1.42 bits per heavy atom. The second-order valence-corrected chi connectivity index (χ2v) is 4.77. The summed E-state index contributed by atoms with van der Waals surface area (Å²) in [6, 6.07) is 7.73. The van der Waals surface area contributed by atoms with E-state index in [0.29, 0.717) is 13.2 Å². The lowest BCUT2D eigenvalue weighted by molar-refractivity contribution is 0.199. The number of H-pyrrole nitrogens is 1. The number of imidazole rings is 1. The Labute approximate surface area is 118 Å². The van der Waals surface area contributed by atoms with Crippen molar-refractivity contribution in [2.24, 2.45) is 0 Å². The number of benzene rings is 1. The maximum Gasteiger partial charge on any atom is 0.121 e. The molecule has 1 aromatic heterocycles. The van der Waals surface area contributed by atoms with Crippen LogP contribution >= 0.6 is 11.6 Å². The minimum Gasteiger partial charge on any atom is -0.383 e. The van der Waals surface area contributed by atoms with E-state index < -0.39 is 0 Å². The number of hydrogen-bond donors (Lipinski definition) is 2. The predicted molar refractivity (Wildman–Crippen MR) is 77.4 cm³/mol. The van der Waals surface area contributed by atoms with Crippen LogP contribution in [0.3, 0.4) is 0 Å². The van der Waals surface area contributed by atoms with Crippen molar-refractivity contribution < 1.29 is 4.74 Å². The topological polar surface area (TPSA) is 49.9 Å². The Kier molecular flexibility index (Phi) is 4.96. The molecule has 1 aromatic carbocycles. The van der Waals surface area contributed by atoms with Gasteiger partial charge in [0.15, 0.2) is 0 Å². The predicted octanol–water partition coefficient (Wildman–Crippen LogP) is 2.77. The maximum atomic E-state index is 6.01. The van der Waals surface area contributed by atoms with Crippen LogP contribution in [0.15, 0.2) is 24.3 Å². The highest BCUT2D eigenvalue weighted by atomic mass is 35.5. The molecule has 0 atom stereocenters. The number of nitrogens with one attached hydrogen (secondary N) is 2. The van der Waals surface area contributed by atoms with Gasteiger partial charge in [-0.3, -0.25) is 0 Å². The molecule has 102 valence electrons. The van der Waals surface area contributed by atoms with Crippen molar-refractivity contribution in [1.82, 2.24) is 15.3 Å². The van der Waals surface area contributed by atoms with E-state index in [9.17, 15) is 0 Å². The van der Waals surface area contributed by atoms with Crippen LogP contribution in [0.2, 0.25) is 5.02 Å². The monoisotopic (exact) mass is 279 g/mol. The normalized spacial score (nSPS) is 10.9. The maximum absolute atomic E-state index is 6.01. The zero-order valence-corrected chi connectivity index (χ0v) is 11.9. The zero-order chi connectivity index (χ0) is 13.7. The zero-order valence-electron chi connectivity index (χ0n) is 11.2. The molecular weight excluding hydrogens is 262 g/mol. The van der Waals surface area contributed by atoms with E-state index in [2.05, 4.69) is 15.3 Å². The third-order valence-corrected chi connectivity index (χ3v) is 3.04. The van der Waals surface area contributed by atoms with Gasteiger partial charge in [-0.05, 0) is 19.1 Å². The number of methoxy groups -OCH3 is 1. The Bertz CT molecular complexity index is 539. The Morgan fingerprint density at radius 3 is 3.00 bits per heavy atom. The summed E-state index contributed by atoms with van der Waals surface area (Å²) in [4.78, 5) is 7.88. The van der Waals surface area contributed by atoms with E-state index in [0.717, 1.165) is 34.3 Å². The van der Waals surface area contributed by atoms with Crippen LogP contribution in [-0.2, 0) is 11.3 Å². The Balaban J connectivity index is 2.08. The number of nitrogens with zero attached hydrogens (tertiary/aromatic N) is 1. The van der Waals surface area contributed by atoms with E-state index in [1.807, 2.05) is 31.2 Å². The highest BCUT2D eigenvalue weighted by molar-refractivity contribution is 6.30. The molecule has 5 heteroatoms. The van der Waals surface area contributed by atoms with E-state index in [-0.39, 0.29) is 0 Å². The van der Waals surface area contributed by atoms with Gasteiger partial charge in [0.2, 0.25) is 0 Å². The van der Waals surface area contributed by atoms with Crippen LogP contribution in [0.25, 0.3) is 11.3 Å². The first-order valence-electron chi connectivity index (χ1n) is 6.22. The van der Waals surface area contributed by atoms with Gasteiger partial charge in [0.05, 0.1) is 18.8 Å². The van der Waals surface area contributed by atoms with E-state index >= 15 is 0 Å². The van der Waals surface area contributed by atoms with Gasteiger partial charge < -0.3 is 15.0 Å². The molecule has 0 fully saturated rings. The quantitative estimate of drug-likeness (QED) is 0.800. The van der Waals surface area contributed by atoms with Crippen molar-refractivity contribution in [2.45, 2.75) is 13.5 Å². The summed E-state index contributed by atoms with van der Waals surface area (Å²) in [6.45, 7) is 4.22. The lowest BCUT2D eigenvalue weighted by Gasteiger charge is -2.00. The molecule has 0 saturated heterocycles. The first-order valence-corrected chi connectivity index (χ1v) is 6.59. The third-order valence-electron chi connectivity index (χ3n) is 2.81. The van der Waals surface area contributed by atoms with E-state index in [1.54, 1.807) is 7.11 Å². The van der Waals surface area contributed by atoms with Gasteiger partial charge in [-0.15, -0.1) is 0 Å². The third kappa shape index (κ3) is 3.80. The van der Waals surface area contributed by atoms with Gasteiger partial charge in [0, 0.05) is 29.9 Å². The molecule has 0 spiro atoms. The second-order valence-electron chi connectivity index (χ2n) is 4.34. The van der Waals surface area contributed by atoms with Crippen LogP contribution < -0.4 is 5.32 Å². The van der Waals surface area contributed by atoms with Gasteiger partial charge in [-0.1, -0.05) is 23.7 Å². The molecular formula is C14H18ClN3O. The van der Waals surface area contributed by atoms with Crippen LogP contribution in [0.4, 0.5) is 0 Å². The molecule has 2 aromatic rings. The van der Waals surface area contributed by atoms with Gasteiger partial charge in [-0.2, -0.15) is 0 Å². The average molecular weight is 280 g/mol. The number of hydrogen-bond acceptors (Lipinski definition) is 3. The minimum atomic E-state index is 0.695. The average Bonchev–Trinajstić information content (AvgIpc) is 2.76. The minimum absolute atomic E-state index is 0.695. The number of ether oxygens (including phenoxy) is 1. The summed E-state index contributed by atoms with van der Waals surface area (Å²) >= 11 is 6.01. The van der Waals surface area contributed by atoms with Crippen molar-refractivity contribution in [3.8, 4) is 11.3 Å². The highest BCUT2D eigenvalue weighted by Crippen LogP contribution is 2.23. The summed E-state index contributed by atoms with van der Waals surface area (Å²) < 4.78 is 4.98. The van der Waals surface area contributed by atoms with Gasteiger partial charge in [-0.25, -0.2) is 4.98 Å². The summed E-state index contributed by atoms with van der Waals surface area (Å²) in [6.07, 6.45) is 0. The SMILES string of the molecule is COCCNCc1nc(-c2cccc(Cl)c2)c(C)[nH]1. The van der Waals surface area contributed by atoms with Gasteiger partial charge in [0.25, 0.3) is 0 Å². The summed E-state index contributed by atoms with van der Waals surface area (Å²) in [5.41, 5.74) is 3.03. The van der Waals surface area contributed by atoms with Gasteiger partial charge >= 0.3 is 0 Å². The fourth-order valence-electron chi connectivity index (χ4n) is 1.90. The summed E-state index contributed by atoms with van der Waals surface area (Å²) in [5, 5.41) is 3.98. The molecule has 4 nitrogen and oxygen atoms in total. The fourth-order valence-corrected chi connectivity index (χ4v) is 2.09. The van der Waals surface area contributed by atoms with E-state index in [4.69, 9.17) is 16.3 Å². The van der Waals surface area contributed by atoms with Crippen LogP contribution in [0.1, 0.15) is 11.5 Å². The second kappa shape index (κ2) is 6.70. The molecule has 2 rings (SSSR count). The fraction of sp³-hybridized carbons (Fsp3) is 0.357. The standard InChI is InChI=1S/C14H18ClN3O/c1-10-14(11-4-3-5-12(15)8-11)18-13(17-10)9-16-6-7-19-2/h3-5,8,16H,6-7,9H2,1-2H3,(H,17,18). The Morgan fingerprint density at radius 2 is 2.26 bits per heavy atom. The van der Waals surface area contributed by atoms with Gasteiger partial charge in [0.1, 0.15) is 5.82 Å². The molecule has 0 saturated carbocycles.